The maximum Gasteiger partial charge on any atom is 0.387 e. The van der Waals surface area contributed by atoms with E-state index in [1.807, 2.05) is 19.9 Å². The molecule has 0 aliphatic rings. The van der Waals surface area contributed by atoms with Gasteiger partial charge in [0.05, 0.1) is 0 Å². The van der Waals surface area contributed by atoms with Crippen molar-refractivity contribution < 1.29 is 13.5 Å². The van der Waals surface area contributed by atoms with E-state index in [0.717, 1.165) is 5.56 Å². The molecule has 1 rings (SSSR count). The minimum Gasteiger partial charge on any atom is -0.434 e. The van der Waals surface area contributed by atoms with E-state index >= 15 is 0 Å². The fourth-order valence-electron chi connectivity index (χ4n) is 1.34. The normalized spacial score (nSPS) is 10.4. The summed E-state index contributed by atoms with van der Waals surface area (Å²) in [6.45, 7) is 2.46. The second-order valence-electron chi connectivity index (χ2n) is 3.90. The fraction of sp³-hybridized carbons (Fsp3) is 0.385. The SMILES string of the molecule is CC(C)=CCNCc1ccccc1OC(F)F. The molecule has 17 heavy (non-hydrogen) atoms. The van der Waals surface area contributed by atoms with Gasteiger partial charge in [0, 0.05) is 18.7 Å². The topological polar surface area (TPSA) is 21.3 Å². The van der Waals surface area contributed by atoms with Crippen molar-refractivity contribution in [3.8, 4) is 5.75 Å². The molecule has 0 saturated heterocycles. The van der Waals surface area contributed by atoms with E-state index in [0.29, 0.717) is 13.1 Å². The van der Waals surface area contributed by atoms with E-state index in [2.05, 4.69) is 10.1 Å². The van der Waals surface area contributed by atoms with Gasteiger partial charge in [0.2, 0.25) is 0 Å². The molecule has 0 fully saturated rings. The molecule has 4 heteroatoms. The number of benzene rings is 1. The Labute approximate surface area is 100 Å². The average molecular weight is 241 g/mol. The Balaban J connectivity index is 2.54. The monoisotopic (exact) mass is 241 g/mol. The van der Waals surface area contributed by atoms with Crippen LogP contribution in [0.2, 0.25) is 0 Å². The van der Waals surface area contributed by atoms with Gasteiger partial charge < -0.3 is 10.1 Å². The number of hydrogen-bond donors (Lipinski definition) is 1. The van der Waals surface area contributed by atoms with Gasteiger partial charge in [-0.1, -0.05) is 29.8 Å². The molecule has 2 nitrogen and oxygen atoms in total. The van der Waals surface area contributed by atoms with Crippen LogP contribution in [-0.4, -0.2) is 13.2 Å². The number of para-hydroxylation sites is 1. The zero-order chi connectivity index (χ0) is 12.7. The molecule has 0 unspecified atom stereocenters. The minimum atomic E-state index is -2.78. The molecule has 1 N–H and O–H groups in total. The van der Waals surface area contributed by atoms with Crippen LogP contribution in [0.1, 0.15) is 19.4 Å². The molecule has 0 aliphatic heterocycles. The van der Waals surface area contributed by atoms with Crippen LogP contribution in [0.25, 0.3) is 0 Å². The van der Waals surface area contributed by atoms with Crippen LogP contribution in [0, 0.1) is 0 Å². The molecule has 0 bridgehead atoms. The highest BCUT2D eigenvalue weighted by Crippen LogP contribution is 2.19. The van der Waals surface area contributed by atoms with Gasteiger partial charge in [-0.05, 0) is 19.9 Å². The summed E-state index contributed by atoms with van der Waals surface area (Å²) in [5.74, 6) is 0.229. The molecule has 0 aromatic heterocycles. The Bertz CT molecular complexity index is 373. The Hall–Kier alpha value is -1.42. The molecular weight excluding hydrogens is 224 g/mol. The summed E-state index contributed by atoms with van der Waals surface area (Å²) < 4.78 is 28.7. The second kappa shape index (κ2) is 7.01. The van der Waals surface area contributed by atoms with Crippen LogP contribution < -0.4 is 10.1 Å². The first kappa shape index (κ1) is 13.6. The first-order valence-corrected chi connectivity index (χ1v) is 5.46. The quantitative estimate of drug-likeness (QED) is 0.609. The molecule has 0 aliphatic carbocycles. The molecule has 1 aromatic carbocycles. The molecular formula is C13H17F2NO. The van der Waals surface area contributed by atoms with Crippen molar-refractivity contribution in [1.29, 1.82) is 0 Å². The minimum absolute atomic E-state index is 0.229. The third kappa shape index (κ3) is 5.45. The van der Waals surface area contributed by atoms with Gasteiger partial charge >= 0.3 is 6.61 Å². The highest BCUT2D eigenvalue weighted by molar-refractivity contribution is 5.33. The van der Waals surface area contributed by atoms with Crippen LogP contribution in [0.15, 0.2) is 35.9 Å². The van der Waals surface area contributed by atoms with Gasteiger partial charge in [-0.15, -0.1) is 0 Å². The van der Waals surface area contributed by atoms with E-state index in [4.69, 9.17) is 0 Å². The van der Waals surface area contributed by atoms with Crippen LogP contribution in [-0.2, 0) is 6.54 Å². The Morgan fingerprint density at radius 3 is 2.71 bits per heavy atom. The molecule has 0 saturated carbocycles. The highest BCUT2D eigenvalue weighted by Gasteiger charge is 2.07. The van der Waals surface area contributed by atoms with Crippen molar-refractivity contribution in [3.63, 3.8) is 0 Å². The van der Waals surface area contributed by atoms with E-state index < -0.39 is 6.61 Å². The predicted octanol–water partition coefficient (Wildman–Crippen LogP) is 3.34. The maximum atomic E-state index is 12.1. The summed E-state index contributed by atoms with van der Waals surface area (Å²) in [5.41, 5.74) is 1.95. The molecule has 0 heterocycles. The number of halogens is 2. The van der Waals surface area contributed by atoms with E-state index in [1.54, 1.807) is 24.3 Å². The predicted molar refractivity (Wildman–Crippen MR) is 64.2 cm³/mol. The van der Waals surface area contributed by atoms with Crippen molar-refractivity contribution in [3.05, 3.63) is 41.5 Å². The lowest BCUT2D eigenvalue weighted by Gasteiger charge is -2.10. The van der Waals surface area contributed by atoms with Crippen molar-refractivity contribution in [2.24, 2.45) is 0 Å². The number of hydrogen-bond acceptors (Lipinski definition) is 2. The summed E-state index contributed by atoms with van der Waals surface area (Å²) >= 11 is 0. The van der Waals surface area contributed by atoms with Crippen molar-refractivity contribution >= 4 is 0 Å². The van der Waals surface area contributed by atoms with E-state index in [9.17, 15) is 8.78 Å². The first-order valence-electron chi connectivity index (χ1n) is 5.46. The second-order valence-corrected chi connectivity index (χ2v) is 3.90. The van der Waals surface area contributed by atoms with Crippen LogP contribution in [0.4, 0.5) is 8.78 Å². The van der Waals surface area contributed by atoms with Gasteiger partial charge in [-0.25, -0.2) is 0 Å². The third-order valence-electron chi connectivity index (χ3n) is 2.16. The molecule has 0 spiro atoms. The van der Waals surface area contributed by atoms with Crippen LogP contribution >= 0.6 is 0 Å². The number of alkyl halides is 2. The molecule has 94 valence electrons. The van der Waals surface area contributed by atoms with Gasteiger partial charge in [-0.3, -0.25) is 0 Å². The zero-order valence-corrected chi connectivity index (χ0v) is 10.0. The molecule has 0 amide bonds. The summed E-state index contributed by atoms with van der Waals surface area (Å²) in [6, 6.07) is 6.80. The van der Waals surface area contributed by atoms with Crippen LogP contribution in [0.3, 0.4) is 0 Å². The highest BCUT2D eigenvalue weighted by atomic mass is 19.3. The number of allylic oxidation sites excluding steroid dienone is 1. The summed E-state index contributed by atoms with van der Waals surface area (Å²) in [4.78, 5) is 0. The van der Waals surface area contributed by atoms with Crippen LogP contribution in [0.5, 0.6) is 5.75 Å². The molecule has 0 radical (unpaired) electrons. The summed E-state index contributed by atoms with van der Waals surface area (Å²) in [5, 5.41) is 3.15. The largest absolute Gasteiger partial charge is 0.434 e. The molecule has 1 aromatic rings. The van der Waals surface area contributed by atoms with Crippen molar-refractivity contribution in [1.82, 2.24) is 5.32 Å². The van der Waals surface area contributed by atoms with Gasteiger partial charge in [0.1, 0.15) is 5.75 Å². The maximum absolute atomic E-state index is 12.1. The Morgan fingerprint density at radius 1 is 1.35 bits per heavy atom. The van der Waals surface area contributed by atoms with Gasteiger partial charge in [-0.2, -0.15) is 8.78 Å². The fourth-order valence-corrected chi connectivity index (χ4v) is 1.34. The Kier molecular flexibility index (Phi) is 5.63. The zero-order valence-electron chi connectivity index (χ0n) is 10.0. The van der Waals surface area contributed by atoms with Crippen molar-refractivity contribution in [2.75, 3.05) is 6.54 Å². The van der Waals surface area contributed by atoms with Gasteiger partial charge in [0.25, 0.3) is 0 Å². The van der Waals surface area contributed by atoms with E-state index in [-0.39, 0.29) is 5.75 Å². The lowest BCUT2D eigenvalue weighted by molar-refractivity contribution is -0.0504. The number of rotatable bonds is 6. The first-order chi connectivity index (χ1) is 8.09. The lowest BCUT2D eigenvalue weighted by Crippen LogP contribution is -2.14. The summed E-state index contributed by atoms with van der Waals surface area (Å²) in [6.07, 6.45) is 2.04. The lowest BCUT2D eigenvalue weighted by atomic mass is 10.2. The number of nitrogens with one attached hydrogen (secondary N) is 1. The standard InChI is InChI=1S/C13H17F2NO/c1-10(2)7-8-16-9-11-5-3-4-6-12(11)17-13(14)15/h3-7,13,16H,8-9H2,1-2H3. The average Bonchev–Trinajstić information content (AvgIpc) is 2.25. The number of ether oxygens (including phenoxy) is 1. The van der Waals surface area contributed by atoms with Gasteiger partial charge in [0.15, 0.2) is 0 Å². The van der Waals surface area contributed by atoms with Crippen molar-refractivity contribution in [2.45, 2.75) is 27.0 Å². The van der Waals surface area contributed by atoms with E-state index in [1.165, 1.54) is 5.57 Å². The third-order valence-corrected chi connectivity index (χ3v) is 2.16. The Morgan fingerprint density at radius 2 is 2.06 bits per heavy atom. The molecule has 0 atom stereocenters. The summed E-state index contributed by atoms with van der Waals surface area (Å²) in [7, 11) is 0. The smallest absolute Gasteiger partial charge is 0.387 e.